The van der Waals surface area contributed by atoms with Gasteiger partial charge in [0.2, 0.25) is 0 Å². The van der Waals surface area contributed by atoms with Crippen molar-refractivity contribution in [1.29, 1.82) is 0 Å². The van der Waals surface area contributed by atoms with Crippen molar-refractivity contribution in [2.45, 2.75) is 26.5 Å². The molecule has 0 amide bonds. The van der Waals surface area contributed by atoms with Crippen molar-refractivity contribution in [2.24, 2.45) is 5.92 Å². The Labute approximate surface area is 102 Å². The number of aromatic amines is 1. The number of fused-ring (bicyclic) bond motifs is 1. The zero-order valence-electron chi connectivity index (χ0n) is 10.4. The van der Waals surface area contributed by atoms with Crippen LogP contribution >= 0.6 is 0 Å². The summed E-state index contributed by atoms with van der Waals surface area (Å²) in [4.78, 5) is 3.20. The molecule has 3 nitrogen and oxygen atoms in total. The lowest BCUT2D eigenvalue weighted by molar-refractivity contribution is 0.123. The summed E-state index contributed by atoms with van der Waals surface area (Å²) in [6, 6.07) is 8.44. The van der Waals surface area contributed by atoms with E-state index < -0.39 is 0 Å². The van der Waals surface area contributed by atoms with Crippen molar-refractivity contribution in [2.75, 3.05) is 6.54 Å². The molecule has 0 saturated carbocycles. The first kappa shape index (κ1) is 12.1. The van der Waals surface area contributed by atoms with E-state index in [1.54, 1.807) is 0 Å². The van der Waals surface area contributed by atoms with E-state index >= 15 is 0 Å². The minimum Gasteiger partial charge on any atom is -0.392 e. The summed E-state index contributed by atoms with van der Waals surface area (Å²) in [5.74, 6) is 0.299. The van der Waals surface area contributed by atoms with Gasteiger partial charge in [-0.2, -0.15) is 0 Å². The molecule has 2 rings (SSSR count). The molecule has 0 bridgehead atoms. The predicted molar refractivity (Wildman–Crippen MR) is 70.9 cm³/mol. The number of H-pyrrole nitrogens is 1. The number of aliphatic hydroxyl groups is 1. The van der Waals surface area contributed by atoms with E-state index in [0.29, 0.717) is 12.5 Å². The molecule has 1 aromatic carbocycles. The molecule has 0 saturated heterocycles. The van der Waals surface area contributed by atoms with Gasteiger partial charge in [0, 0.05) is 24.8 Å². The molecule has 0 aliphatic heterocycles. The fourth-order valence-electron chi connectivity index (χ4n) is 1.81. The molecule has 17 heavy (non-hydrogen) atoms. The first-order chi connectivity index (χ1) is 8.16. The Balaban J connectivity index is 1.90. The quantitative estimate of drug-likeness (QED) is 0.740. The van der Waals surface area contributed by atoms with Crippen LogP contribution in [0.15, 0.2) is 30.5 Å². The highest BCUT2D eigenvalue weighted by Crippen LogP contribution is 2.13. The van der Waals surface area contributed by atoms with Crippen LogP contribution in [0.4, 0.5) is 0 Å². The molecule has 1 aromatic heterocycles. The van der Waals surface area contributed by atoms with Crippen LogP contribution in [-0.2, 0) is 6.54 Å². The average Bonchev–Trinajstić information content (AvgIpc) is 2.75. The van der Waals surface area contributed by atoms with Gasteiger partial charge >= 0.3 is 0 Å². The number of benzene rings is 1. The zero-order valence-corrected chi connectivity index (χ0v) is 10.4. The second kappa shape index (κ2) is 5.34. The first-order valence-electron chi connectivity index (χ1n) is 6.11. The van der Waals surface area contributed by atoms with Gasteiger partial charge in [-0.15, -0.1) is 0 Å². The highest BCUT2D eigenvalue weighted by Gasteiger charge is 2.07. The monoisotopic (exact) mass is 232 g/mol. The Morgan fingerprint density at radius 1 is 1.29 bits per heavy atom. The third kappa shape index (κ3) is 3.08. The highest BCUT2D eigenvalue weighted by atomic mass is 16.3. The summed E-state index contributed by atoms with van der Waals surface area (Å²) < 4.78 is 0. The van der Waals surface area contributed by atoms with Gasteiger partial charge in [-0.3, -0.25) is 0 Å². The average molecular weight is 232 g/mol. The molecular formula is C14H20N2O. The van der Waals surface area contributed by atoms with E-state index in [4.69, 9.17) is 0 Å². The Morgan fingerprint density at radius 2 is 2.12 bits per heavy atom. The Kier molecular flexibility index (Phi) is 3.82. The van der Waals surface area contributed by atoms with Gasteiger partial charge in [-0.1, -0.05) is 26.0 Å². The van der Waals surface area contributed by atoms with Crippen molar-refractivity contribution in [1.82, 2.24) is 10.3 Å². The maximum absolute atomic E-state index is 9.67. The smallest absolute Gasteiger partial charge is 0.0687 e. The van der Waals surface area contributed by atoms with E-state index in [1.807, 2.05) is 20.0 Å². The lowest BCUT2D eigenvalue weighted by atomic mass is 10.1. The standard InChI is InChI=1S/C14H20N2O/c1-10(2)14(17)9-15-8-11-3-4-12-5-6-16-13(12)7-11/h3-7,10,14-17H,8-9H2,1-2H3. The number of nitrogens with one attached hydrogen (secondary N) is 2. The Hall–Kier alpha value is -1.32. The lowest BCUT2D eigenvalue weighted by Crippen LogP contribution is -2.30. The van der Waals surface area contributed by atoms with Crippen LogP contribution in [0.3, 0.4) is 0 Å². The molecule has 1 heterocycles. The summed E-state index contributed by atoms with van der Waals surface area (Å²) in [5.41, 5.74) is 2.39. The Morgan fingerprint density at radius 3 is 2.88 bits per heavy atom. The number of hydrogen-bond donors (Lipinski definition) is 3. The van der Waals surface area contributed by atoms with Gasteiger partial charge in [0.05, 0.1) is 6.10 Å². The van der Waals surface area contributed by atoms with Gasteiger partial charge in [0.15, 0.2) is 0 Å². The largest absolute Gasteiger partial charge is 0.392 e. The van der Waals surface area contributed by atoms with Crippen LogP contribution in [0.25, 0.3) is 10.9 Å². The maximum Gasteiger partial charge on any atom is 0.0687 e. The molecule has 0 fully saturated rings. The molecule has 3 N–H and O–H groups in total. The van der Waals surface area contributed by atoms with E-state index in [1.165, 1.54) is 10.9 Å². The normalized spacial score (nSPS) is 13.4. The molecule has 3 heteroatoms. The van der Waals surface area contributed by atoms with E-state index in [-0.39, 0.29) is 6.10 Å². The molecule has 0 spiro atoms. The fourth-order valence-corrected chi connectivity index (χ4v) is 1.81. The Bertz CT molecular complexity index is 476. The second-order valence-electron chi connectivity index (χ2n) is 4.84. The molecule has 2 aromatic rings. The molecule has 92 valence electrons. The van der Waals surface area contributed by atoms with Gasteiger partial charge in [0.1, 0.15) is 0 Å². The van der Waals surface area contributed by atoms with Gasteiger partial charge in [0.25, 0.3) is 0 Å². The summed E-state index contributed by atoms with van der Waals surface area (Å²) in [7, 11) is 0. The minimum absolute atomic E-state index is 0.274. The fraction of sp³-hybridized carbons (Fsp3) is 0.429. The highest BCUT2D eigenvalue weighted by molar-refractivity contribution is 5.79. The second-order valence-corrected chi connectivity index (χ2v) is 4.84. The molecular weight excluding hydrogens is 212 g/mol. The van der Waals surface area contributed by atoms with E-state index in [2.05, 4.69) is 34.6 Å². The summed E-state index contributed by atoms with van der Waals surface area (Å²) in [6.07, 6.45) is 1.67. The summed E-state index contributed by atoms with van der Waals surface area (Å²) in [6.45, 7) is 5.48. The van der Waals surface area contributed by atoms with Crippen molar-refractivity contribution >= 4 is 10.9 Å². The van der Waals surface area contributed by atoms with Crippen molar-refractivity contribution in [3.8, 4) is 0 Å². The molecule has 1 atom stereocenters. The van der Waals surface area contributed by atoms with Gasteiger partial charge < -0.3 is 15.4 Å². The van der Waals surface area contributed by atoms with Crippen LogP contribution in [-0.4, -0.2) is 22.7 Å². The van der Waals surface area contributed by atoms with Crippen LogP contribution in [0.5, 0.6) is 0 Å². The first-order valence-corrected chi connectivity index (χ1v) is 6.11. The van der Waals surface area contributed by atoms with Gasteiger partial charge in [-0.05, 0) is 29.0 Å². The van der Waals surface area contributed by atoms with E-state index in [9.17, 15) is 5.11 Å². The lowest BCUT2D eigenvalue weighted by Gasteiger charge is -2.15. The van der Waals surface area contributed by atoms with Crippen LogP contribution in [0.2, 0.25) is 0 Å². The molecule has 0 radical (unpaired) electrons. The topological polar surface area (TPSA) is 48.0 Å². The number of aromatic nitrogens is 1. The van der Waals surface area contributed by atoms with Crippen molar-refractivity contribution in [3.63, 3.8) is 0 Å². The van der Waals surface area contributed by atoms with Crippen LogP contribution in [0.1, 0.15) is 19.4 Å². The number of aliphatic hydroxyl groups excluding tert-OH is 1. The van der Waals surface area contributed by atoms with Crippen LogP contribution in [0, 0.1) is 5.92 Å². The van der Waals surface area contributed by atoms with Crippen LogP contribution < -0.4 is 5.32 Å². The van der Waals surface area contributed by atoms with Crippen molar-refractivity contribution < 1.29 is 5.11 Å². The van der Waals surface area contributed by atoms with E-state index in [0.717, 1.165) is 12.1 Å². The van der Waals surface area contributed by atoms with Gasteiger partial charge in [-0.25, -0.2) is 0 Å². The van der Waals surface area contributed by atoms with Crippen molar-refractivity contribution in [3.05, 3.63) is 36.0 Å². The molecule has 1 unspecified atom stereocenters. The number of hydrogen-bond acceptors (Lipinski definition) is 2. The third-order valence-electron chi connectivity index (χ3n) is 3.07. The zero-order chi connectivity index (χ0) is 12.3. The minimum atomic E-state index is -0.274. The third-order valence-corrected chi connectivity index (χ3v) is 3.07. The summed E-state index contributed by atoms with van der Waals surface area (Å²) in [5, 5.41) is 14.2. The number of rotatable bonds is 5. The maximum atomic E-state index is 9.67. The molecule has 0 aliphatic rings. The molecule has 0 aliphatic carbocycles. The summed E-state index contributed by atoms with van der Waals surface area (Å²) >= 11 is 0. The SMILES string of the molecule is CC(C)C(O)CNCc1ccc2cc[nH]c2c1. The predicted octanol–water partition coefficient (Wildman–Crippen LogP) is 2.27.